The smallest absolute Gasteiger partial charge is 0.257 e. The highest BCUT2D eigenvalue weighted by Crippen LogP contribution is 2.43. The lowest BCUT2D eigenvalue weighted by atomic mass is 9.77. The molecule has 1 spiro atoms. The number of nitrogen functional groups attached to an aromatic ring is 1. The second-order valence-corrected chi connectivity index (χ2v) is 11.1. The fraction of sp³-hybridized carbons (Fsp3) is 0.560. The lowest BCUT2D eigenvalue weighted by molar-refractivity contribution is -0.145. The van der Waals surface area contributed by atoms with E-state index in [9.17, 15) is 14.4 Å². The Labute approximate surface area is 198 Å². The van der Waals surface area contributed by atoms with E-state index in [1.807, 2.05) is 43.0 Å². The molecule has 1 atom stereocenters. The van der Waals surface area contributed by atoms with Crippen LogP contribution in [0.15, 0.2) is 24.3 Å². The number of carbonyl (C=O) groups excluding carboxylic acids is 3. The Morgan fingerprint density at radius 2 is 1.88 bits per heavy atom. The zero-order valence-electron chi connectivity index (χ0n) is 19.4. The number of thiophene rings is 1. The highest BCUT2D eigenvalue weighted by atomic mass is 32.1. The van der Waals surface area contributed by atoms with Crippen molar-refractivity contribution in [2.24, 2.45) is 5.41 Å². The fourth-order valence-corrected chi connectivity index (χ4v) is 6.98. The summed E-state index contributed by atoms with van der Waals surface area (Å²) in [7, 11) is 0. The fourth-order valence-electron chi connectivity index (χ4n) is 6.02. The quantitative estimate of drug-likeness (QED) is 0.698. The second-order valence-electron chi connectivity index (χ2n) is 10.1. The van der Waals surface area contributed by atoms with Crippen molar-refractivity contribution in [1.29, 1.82) is 0 Å². The van der Waals surface area contributed by atoms with Gasteiger partial charge in [0.25, 0.3) is 5.91 Å². The maximum Gasteiger partial charge on any atom is 0.257 e. The minimum atomic E-state index is -0.559. The monoisotopic (exact) mass is 468 g/mol. The number of benzene rings is 1. The largest absolute Gasteiger partial charge is 0.390 e. The number of imide groups is 1. The summed E-state index contributed by atoms with van der Waals surface area (Å²) in [6, 6.07) is 8.12. The molecule has 0 saturated carbocycles. The third-order valence-corrected chi connectivity index (χ3v) is 8.66. The predicted octanol–water partition coefficient (Wildman–Crippen LogP) is 3.34. The van der Waals surface area contributed by atoms with Crippen LogP contribution >= 0.6 is 11.3 Å². The number of piperidine rings is 2. The first-order valence-electron chi connectivity index (χ1n) is 12.0. The van der Waals surface area contributed by atoms with Crippen LogP contribution in [0.3, 0.4) is 0 Å². The Hall–Kier alpha value is -2.45. The molecule has 3 aliphatic heterocycles. The van der Waals surface area contributed by atoms with Crippen molar-refractivity contribution >= 4 is 44.1 Å². The van der Waals surface area contributed by atoms with Gasteiger partial charge in [0.2, 0.25) is 11.8 Å². The zero-order valence-corrected chi connectivity index (χ0v) is 20.2. The normalized spacial score (nSPS) is 25.2. The van der Waals surface area contributed by atoms with Crippen molar-refractivity contribution in [3.63, 3.8) is 0 Å². The average Bonchev–Trinajstić information content (AvgIpc) is 3.25. The number of amides is 3. The van der Waals surface area contributed by atoms with E-state index in [1.54, 1.807) is 0 Å². The van der Waals surface area contributed by atoms with Crippen LogP contribution < -0.4 is 5.73 Å². The van der Waals surface area contributed by atoms with Crippen LogP contribution in [-0.4, -0.2) is 70.7 Å². The molecule has 3 fully saturated rings. The molecule has 4 heterocycles. The topological polar surface area (TPSA) is 87.0 Å². The molecule has 3 amide bonds. The van der Waals surface area contributed by atoms with Crippen LogP contribution in [0.25, 0.3) is 10.1 Å². The molecule has 3 saturated heterocycles. The van der Waals surface area contributed by atoms with Crippen LogP contribution in [0.2, 0.25) is 0 Å². The molecule has 2 N–H and O–H groups in total. The Kier molecular flexibility index (Phi) is 5.69. The van der Waals surface area contributed by atoms with E-state index in [1.165, 1.54) is 16.2 Å². The molecule has 2 aromatic rings. The molecule has 0 bridgehead atoms. The van der Waals surface area contributed by atoms with Crippen molar-refractivity contribution in [2.45, 2.75) is 58.0 Å². The van der Waals surface area contributed by atoms with Crippen molar-refractivity contribution < 1.29 is 14.4 Å². The van der Waals surface area contributed by atoms with E-state index in [-0.39, 0.29) is 23.8 Å². The van der Waals surface area contributed by atoms with E-state index in [0.717, 1.165) is 42.3 Å². The Balaban J connectivity index is 1.26. The Morgan fingerprint density at radius 1 is 1.15 bits per heavy atom. The number of nitrogens with zero attached hydrogens (tertiary/aromatic N) is 3. The van der Waals surface area contributed by atoms with Gasteiger partial charge < -0.3 is 10.6 Å². The predicted molar refractivity (Wildman–Crippen MR) is 130 cm³/mol. The highest BCUT2D eigenvalue weighted by Gasteiger charge is 2.54. The highest BCUT2D eigenvalue weighted by molar-refractivity contribution is 7.23. The van der Waals surface area contributed by atoms with Crippen molar-refractivity contribution in [1.82, 2.24) is 14.7 Å². The van der Waals surface area contributed by atoms with Gasteiger partial charge in [0.05, 0.1) is 16.0 Å². The SMILES string of the molecule is CC(C)N1C(=O)CC2(CCCN(C3CCN(C(=O)c4c(N)sc5ccccc45)CC3)C2)C1=O. The molecule has 1 unspecified atom stereocenters. The third-order valence-electron chi connectivity index (χ3n) is 7.66. The summed E-state index contributed by atoms with van der Waals surface area (Å²) in [5.41, 5.74) is 6.30. The van der Waals surface area contributed by atoms with Gasteiger partial charge >= 0.3 is 0 Å². The molecule has 3 aliphatic rings. The molecule has 0 radical (unpaired) electrons. The van der Waals surface area contributed by atoms with Crippen LogP contribution in [0.5, 0.6) is 0 Å². The molecule has 5 rings (SSSR count). The minimum Gasteiger partial charge on any atom is -0.390 e. The Morgan fingerprint density at radius 3 is 2.58 bits per heavy atom. The van der Waals surface area contributed by atoms with Gasteiger partial charge in [-0.05, 0) is 52.1 Å². The average molecular weight is 469 g/mol. The lowest BCUT2D eigenvalue weighted by Gasteiger charge is -2.45. The summed E-state index contributed by atoms with van der Waals surface area (Å²) in [5.74, 6) is 0.000117. The standard InChI is InChI=1S/C25H32N4O3S/c1-16(2)29-20(30)14-25(24(29)32)10-5-11-28(15-25)17-8-12-27(13-9-17)23(31)21-18-6-3-4-7-19(18)33-22(21)26/h3-4,6-7,16-17H,5,8-15,26H2,1-2H3. The number of rotatable bonds is 3. The van der Waals surface area contributed by atoms with Gasteiger partial charge in [-0.1, -0.05) is 18.2 Å². The van der Waals surface area contributed by atoms with E-state index in [0.29, 0.717) is 42.7 Å². The second kappa shape index (κ2) is 8.40. The number of anilines is 1. The number of fused-ring (bicyclic) bond motifs is 1. The summed E-state index contributed by atoms with van der Waals surface area (Å²) < 4.78 is 1.04. The molecule has 176 valence electrons. The lowest BCUT2D eigenvalue weighted by Crippen LogP contribution is -2.54. The summed E-state index contributed by atoms with van der Waals surface area (Å²) in [6.45, 7) is 6.79. The molecule has 8 heteroatoms. The van der Waals surface area contributed by atoms with Crippen LogP contribution in [0.4, 0.5) is 5.00 Å². The summed E-state index contributed by atoms with van der Waals surface area (Å²) >= 11 is 1.47. The van der Waals surface area contributed by atoms with Gasteiger partial charge in [-0.3, -0.25) is 24.2 Å². The first-order valence-corrected chi connectivity index (χ1v) is 12.8. The van der Waals surface area contributed by atoms with Gasteiger partial charge in [-0.2, -0.15) is 0 Å². The minimum absolute atomic E-state index is 0.0135. The van der Waals surface area contributed by atoms with Gasteiger partial charge in [0.1, 0.15) is 0 Å². The first-order chi connectivity index (χ1) is 15.8. The molecule has 7 nitrogen and oxygen atoms in total. The molecule has 1 aromatic carbocycles. The van der Waals surface area contributed by atoms with Crippen LogP contribution in [-0.2, 0) is 9.59 Å². The van der Waals surface area contributed by atoms with Gasteiger partial charge in [-0.25, -0.2) is 0 Å². The van der Waals surface area contributed by atoms with Crippen molar-refractivity contribution in [2.75, 3.05) is 31.9 Å². The van der Waals surface area contributed by atoms with Crippen LogP contribution in [0.1, 0.15) is 56.3 Å². The molecule has 33 heavy (non-hydrogen) atoms. The number of nitrogens with two attached hydrogens (primary N) is 1. The van der Waals surface area contributed by atoms with Crippen molar-refractivity contribution in [3.8, 4) is 0 Å². The third kappa shape index (κ3) is 3.73. The molecular weight excluding hydrogens is 436 g/mol. The number of hydrogen-bond acceptors (Lipinski definition) is 6. The maximum absolute atomic E-state index is 13.3. The summed E-state index contributed by atoms with van der Waals surface area (Å²) in [5, 5.41) is 1.52. The number of likely N-dealkylation sites (tertiary alicyclic amines) is 3. The van der Waals surface area contributed by atoms with Crippen LogP contribution in [0, 0.1) is 5.41 Å². The van der Waals surface area contributed by atoms with Gasteiger partial charge in [0.15, 0.2) is 0 Å². The zero-order chi connectivity index (χ0) is 23.3. The van der Waals surface area contributed by atoms with Gasteiger partial charge in [-0.15, -0.1) is 11.3 Å². The molecule has 1 aromatic heterocycles. The van der Waals surface area contributed by atoms with Gasteiger partial charge in [0, 0.05) is 48.2 Å². The number of hydrogen-bond donors (Lipinski definition) is 1. The van der Waals surface area contributed by atoms with E-state index >= 15 is 0 Å². The Bertz CT molecular complexity index is 1100. The molecular formula is C25H32N4O3S. The van der Waals surface area contributed by atoms with E-state index in [4.69, 9.17) is 5.73 Å². The van der Waals surface area contributed by atoms with E-state index in [2.05, 4.69) is 4.90 Å². The molecule has 0 aliphatic carbocycles. The van der Waals surface area contributed by atoms with Crippen molar-refractivity contribution in [3.05, 3.63) is 29.8 Å². The van der Waals surface area contributed by atoms with E-state index < -0.39 is 5.41 Å². The summed E-state index contributed by atoms with van der Waals surface area (Å²) in [4.78, 5) is 44.9. The maximum atomic E-state index is 13.3. The first kappa shape index (κ1) is 22.3. The number of carbonyl (C=O) groups is 3. The summed E-state index contributed by atoms with van der Waals surface area (Å²) in [6.07, 6.45) is 3.81.